The van der Waals surface area contributed by atoms with Crippen LogP contribution in [0.2, 0.25) is 0 Å². The van der Waals surface area contributed by atoms with E-state index in [0.29, 0.717) is 18.6 Å². The number of rotatable bonds is 8. The maximum atomic E-state index is 11.9. The van der Waals surface area contributed by atoms with Crippen LogP contribution in [0.25, 0.3) is 0 Å². The van der Waals surface area contributed by atoms with Gasteiger partial charge in [0.1, 0.15) is 5.75 Å². The molecular weight excluding hydrogens is 294 g/mol. The molecule has 0 saturated heterocycles. The molecule has 1 aromatic carbocycles. The van der Waals surface area contributed by atoms with Crippen molar-refractivity contribution < 1.29 is 19.4 Å². The Labute approximate surface area is 138 Å². The molecule has 0 radical (unpaired) electrons. The molecular formula is C18H27NO4. The number of carbonyl (C=O) groups excluding carboxylic acids is 1. The van der Waals surface area contributed by atoms with Crippen molar-refractivity contribution >= 4 is 11.9 Å². The van der Waals surface area contributed by atoms with E-state index in [4.69, 9.17) is 4.74 Å². The van der Waals surface area contributed by atoms with E-state index in [1.165, 1.54) is 0 Å². The predicted molar refractivity (Wildman–Crippen MR) is 89.5 cm³/mol. The van der Waals surface area contributed by atoms with Crippen LogP contribution in [0.1, 0.15) is 39.2 Å². The van der Waals surface area contributed by atoms with E-state index in [1.54, 1.807) is 13.2 Å². The van der Waals surface area contributed by atoms with Crippen LogP contribution in [0.4, 0.5) is 0 Å². The average Bonchev–Trinajstić information content (AvgIpc) is 2.48. The molecule has 1 rings (SSSR count). The van der Waals surface area contributed by atoms with Crippen LogP contribution in [0, 0.1) is 11.3 Å². The fourth-order valence-electron chi connectivity index (χ4n) is 2.20. The molecule has 0 aliphatic carbocycles. The summed E-state index contributed by atoms with van der Waals surface area (Å²) in [4.78, 5) is 23.3. The average molecular weight is 321 g/mol. The zero-order chi connectivity index (χ0) is 17.5. The number of aliphatic carboxylic acids is 1. The molecule has 2 N–H and O–H groups in total. The molecule has 0 saturated carbocycles. The van der Waals surface area contributed by atoms with Crippen LogP contribution in [-0.2, 0) is 16.0 Å². The minimum atomic E-state index is -0.924. The van der Waals surface area contributed by atoms with Gasteiger partial charge in [0.2, 0.25) is 5.91 Å². The molecule has 0 aromatic heterocycles. The van der Waals surface area contributed by atoms with E-state index in [2.05, 4.69) is 26.1 Å². The first-order chi connectivity index (χ1) is 10.7. The Hall–Kier alpha value is -2.04. The highest BCUT2D eigenvalue weighted by Gasteiger charge is 2.21. The van der Waals surface area contributed by atoms with Crippen LogP contribution in [0.3, 0.4) is 0 Å². The number of carboxylic acid groups (broad SMARTS) is 1. The van der Waals surface area contributed by atoms with Crippen molar-refractivity contribution in [2.75, 3.05) is 13.7 Å². The van der Waals surface area contributed by atoms with Crippen molar-refractivity contribution in [3.05, 3.63) is 29.8 Å². The Kier molecular flexibility index (Phi) is 7.07. The Balaban J connectivity index is 2.59. The van der Waals surface area contributed by atoms with Gasteiger partial charge in [0.05, 0.1) is 13.0 Å². The van der Waals surface area contributed by atoms with Gasteiger partial charge in [-0.1, -0.05) is 39.0 Å². The third-order valence-electron chi connectivity index (χ3n) is 3.66. The van der Waals surface area contributed by atoms with Gasteiger partial charge in [-0.25, -0.2) is 0 Å². The quantitative estimate of drug-likeness (QED) is 0.772. The lowest BCUT2D eigenvalue weighted by atomic mass is 9.90. The molecule has 5 nitrogen and oxygen atoms in total. The first-order valence-electron chi connectivity index (χ1n) is 7.84. The highest BCUT2D eigenvalue weighted by Crippen LogP contribution is 2.22. The normalized spacial score (nSPS) is 12.5. The lowest BCUT2D eigenvalue weighted by Crippen LogP contribution is -2.34. The van der Waals surface area contributed by atoms with E-state index in [1.807, 2.05) is 18.2 Å². The van der Waals surface area contributed by atoms with Gasteiger partial charge in [-0.3, -0.25) is 9.59 Å². The first-order valence-corrected chi connectivity index (χ1v) is 7.84. The molecule has 5 heteroatoms. The SMILES string of the molecule is COc1ccccc1CC(CNC(=O)CCC(C)(C)C)C(=O)O. The Morgan fingerprint density at radius 2 is 1.91 bits per heavy atom. The van der Waals surface area contributed by atoms with Gasteiger partial charge >= 0.3 is 5.97 Å². The molecule has 1 unspecified atom stereocenters. The number of benzene rings is 1. The summed E-state index contributed by atoms with van der Waals surface area (Å²) >= 11 is 0. The van der Waals surface area contributed by atoms with Gasteiger partial charge in [0, 0.05) is 13.0 Å². The maximum absolute atomic E-state index is 11.9. The van der Waals surface area contributed by atoms with Crippen LogP contribution >= 0.6 is 0 Å². The molecule has 23 heavy (non-hydrogen) atoms. The van der Waals surface area contributed by atoms with E-state index < -0.39 is 11.9 Å². The zero-order valence-electron chi connectivity index (χ0n) is 14.4. The van der Waals surface area contributed by atoms with E-state index in [0.717, 1.165) is 12.0 Å². The summed E-state index contributed by atoms with van der Waals surface area (Å²) in [7, 11) is 1.56. The minimum Gasteiger partial charge on any atom is -0.496 e. The first kappa shape index (κ1) is 19.0. The number of para-hydroxylation sites is 1. The van der Waals surface area contributed by atoms with E-state index in [-0.39, 0.29) is 17.9 Å². The number of ether oxygens (including phenoxy) is 1. The molecule has 1 atom stereocenters. The molecule has 128 valence electrons. The fraction of sp³-hybridized carbons (Fsp3) is 0.556. The summed E-state index contributed by atoms with van der Waals surface area (Å²) < 4.78 is 5.25. The number of carboxylic acids is 1. The van der Waals surface area contributed by atoms with Gasteiger partial charge in [0.15, 0.2) is 0 Å². The summed E-state index contributed by atoms with van der Waals surface area (Å²) in [6, 6.07) is 7.33. The number of methoxy groups -OCH3 is 1. The van der Waals surface area contributed by atoms with Gasteiger partial charge in [-0.15, -0.1) is 0 Å². The molecule has 0 bridgehead atoms. The second-order valence-corrected chi connectivity index (χ2v) is 6.92. The van der Waals surface area contributed by atoms with Crippen molar-refractivity contribution in [3.8, 4) is 5.75 Å². The monoisotopic (exact) mass is 321 g/mol. The second kappa shape index (κ2) is 8.56. The predicted octanol–water partition coefficient (Wildman–Crippen LogP) is 2.88. The highest BCUT2D eigenvalue weighted by atomic mass is 16.5. The standard InChI is InChI=1S/C18H27NO4/c1-18(2,3)10-9-16(20)19-12-14(17(21)22)11-13-7-5-6-8-15(13)23-4/h5-8,14H,9-12H2,1-4H3,(H,19,20)(H,21,22). The highest BCUT2D eigenvalue weighted by molar-refractivity contribution is 5.77. The maximum Gasteiger partial charge on any atom is 0.308 e. The Bertz CT molecular complexity index is 534. The van der Waals surface area contributed by atoms with Gasteiger partial charge in [-0.2, -0.15) is 0 Å². The second-order valence-electron chi connectivity index (χ2n) is 6.92. The molecule has 1 amide bonds. The molecule has 0 aliphatic rings. The van der Waals surface area contributed by atoms with Crippen LogP contribution < -0.4 is 10.1 Å². The lowest BCUT2D eigenvalue weighted by molar-refractivity contribution is -0.141. The third kappa shape index (κ3) is 7.17. The topological polar surface area (TPSA) is 75.6 Å². The Morgan fingerprint density at radius 1 is 1.26 bits per heavy atom. The van der Waals surface area contributed by atoms with Crippen molar-refractivity contribution in [2.24, 2.45) is 11.3 Å². The Morgan fingerprint density at radius 3 is 2.48 bits per heavy atom. The minimum absolute atomic E-state index is 0.0843. The van der Waals surface area contributed by atoms with Gasteiger partial charge in [-0.05, 0) is 29.9 Å². The van der Waals surface area contributed by atoms with Crippen LogP contribution in [-0.4, -0.2) is 30.6 Å². The summed E-state index contributed by atoms with van der Waals surface area (Å²) in [5.41, 5.74) is 0.910. The third-order valence-corrected chi connectivity index (χ3v) is 3.66. The fourth-order valence-corrected chi connectivity index (χ4v) is 2.20. The van der Waals surface area contributed by atoms with Crippen molar-refractivity contribution in [1.82, 2.24) is 5.32 Å². The number of hydrogen-bond acceptors (Lipinski definition) is 3. The van der Waals surface area contributed by atoms with Gasteiger partial charge < -0.3 is 15.2 Å². The number of nitrogens with one attached hydrogen (secondary N) is 1. The molecule has 0 fully saturated rings. The molecule has 1 aromatic rings. The summed E-state index contributed by atoms with van der Waals surface area (Å²) in [6.07, 6.45) is 1.49. The number of carbonyl (C=O) groups is 2. The van der Waals surface area contributed by atoms with Crippen LogP contribution in [0.15, 0.2) is 24.3 Å². The van der Waals surface area contributed by atoms with Gasteiger partial charge in [0.25, 0.3) is 0 Å². The molecule has 0 aliphatic heterocycles. The smallest absolute Gasteiger partial charge is 0.308 e. The lowest BCUT2D eigenvalue weighted by Gasteiger charge is -2.18. The van der Waals surface area contributed by atoms with E-state index >= 15 is 0 Å². The summed E-state index contributed by atoms with van der Waals surface area (Å²) in [5, 5.41) is 12.1. The summed E-state index contributed by atoms with van der Waals surface area (Å²) in [5.74, 6) is -1.04. The zero-order valence-corrected chi connectivity index (χ0v) is 14.4. The molecule has 0 heterocycles. The number of amides is 1. The number of hydrogen-bond donors (Lipinski definition) is 2. The van der Waals surface area contributed by atoms with Crippen molar-refractivity contribution in [2.45, 2.75) is 40.0 Å². The summed E-state index contributed by atoms with van der Waals surface area (Å²) in [6.45, 7) is 6.34. The van der Waals surface area contributed by atoms with E-state index in [9.17, 15) is 14.7 Å². The van der Waals surface area contributed by atoms with Crippen molar-refractivity contribution in [3.63, 3.8) is 0 Å². The van der Waals surface area contributed by atoms with Crippen LogP contribution in [0.5, 0.6) is 5.75 Å². The molecule has 0 spiro atoms. The van der Waals surface area contributed by atoms with Crippen molar-refractivity contribution in [1.29, 1.82) is 0 Å². The largest absolute Gasteiger partial charge is 0.496 e.